The fourth-order valence-corrected chi connectivity index (χ4v) is 4.41. The van der Waals surface area contributed by atoms with Gasteiger partial charge in [-0.15, -0.1) is 13.2 Å². The molecule has 1 aromatic carbocycles. The molecule has 3 heterocycles. The van der Waals surface area contributed by atoms with Gasteiger partial charge in [-0.1, -0.05) is 11.3 Å². The largest absolute Gasteiger partial charge is 0.573 e. The minimum Gasteiger partial charge on any atom is -0.406 e. The molecule has 0 radical (unpaired) electrons. The number of amides is 1. The number of halogens is 3. The zero-order valence-electron chi connectivity index (χ0n) is 16.6. The van der Waals surface area contributed by atoms with Gasteiger partial charge in [0.15, 0.2) is 10.9 Å². The highest BCUT2D eigenvalue weighted by atomic mass is 32.1. The molecule has 10 heteroatoms. The van der Waals surface area contributed by atoms with Gasteiger partial charge in [0.1, 0.15) is 11.3 Å². The molecule has 1 N–H and O–H groups in total. The summed E-state index contributed by atoms with van der Waals surface area (Å²) in [6.07, 6.45) is -0.840. The predicted octanol–water partition coefficient (Wildman–Crippen LogP) is 5.15. The second-order valence-electron chi connectivity index (χ2n) is 7.47. The van der Waals surface area contributed by atoms with E-state index in [1.54, 1.807) is 42.1 Å². The highest BCUT2D eigenvalue weighted by Crippen LogP contribution is 2.36. The van der Waals surface area contributed by atoms with Crippen molar-refractivity contribution in [1.82, 2.24) is 9.55 Å². The maximum Gasteiger partial charge on any atom is 0.573 e. The lowest BCUT2D eigenvalue weighted by Crippen LogP contribution is -2.46. The monoisotopic (exact) mass is 449 g/mol. The lowest BCUT2D eigenvalue weighted by molar-refractivity contribution is -0.274. The molecule has 0 aliphatic carbocycles. The first-order valence-electron chi connectivity index (χ1n) is 9.42. The summed E-state index contributed by atoms with van der Waals surface area (Å²) < 4.78 is 43.1. The van der Waals surface area contributed by atoms with Gasteiger partial charge in [0.05, 0.1) is 10.6 Å². The van der Waals surface area contributed by atoms with Gasteiger partial charge in [-0.3, -0.25) is 14.9 Å². The van der Waals surface area contributed by atoms with E-state index in [2.05, 4.69) is 15.0 Å². The number of benzene rings is 1. The molecular formula is C21H18F3N3O3S. The molecular weight excluding hydrogens is 431 g/mol. The average Bonchev–Trinajstić information content (AvgIpc) is 3.36. The third-order valence-corrected chi connectivity index (χ3v) is 6.27. The van der Waals surface area contributed by atoms with Crippen LogP contribution in [0.4, 0.5) is 18.3 Å². The number of rotatable bonds is 4. The van der Waals surface area contributed by atoms with E-state index in [4.69, 9.17) is 0 Å². The number of hydrogen-bond donors (Lipinski definition) is 1. The zero-order chi connectivity index (χ0) is 22.4. The molecule has 0 bridgehead atoms. The summed E-state index contributed by atoms with van der Waals surface area (Å²) >= 11 is 1.21. The molecule has 1 aliphatic rings. The molecule has 4 rings (SSSR count). The molecule has 0 saturated carbocycles. The molecule has 1 atom stereocenters. The van der Waals surface area contributed by atoms with Crippen LogP contribution in [0.1, 0.15) is 35.8 Å². The summed E-state index contributed by atoms with van der Waals surface area (Å²) in [5, 5.41) is 3.17. The number of aryl methyl sites for hydroxylation is 1. The fourth-order valence-electron chi connectivity index (χ4n) is 3.61. The molecule has 162 valence electrons. The average molecular weight is 449 g/mol. The quantitative estimate of drug-likeness (QED) is 0.598. The first-order chi connectivity index (χ1) is 14.6. The normalized spacial score (nSPS) is 18.5. The van der Waals surface area contributed by atoms with Gasteiger partial charge in [-0.05, 0) is 61.7 Å². The second-order valence-corrected chi connectivity index (χ2v) is 8.50. The maximum atomic E-state index is 13.0. The van der Waals surface area contributed by atoms with E-state index < -0.39 is 11.9 Å². The number of alkyl halides is 3. The molecule has 6 nitrogen and oxygen atoms in total. The van der Waals surface area contributed by atoms with Gasteiger partial charge in [0, 0.05) is 18.8 Å². The van der Waals surface area contributed by atoms with E-state index in [0.29, 0.717) is 33.3 Å². The highest BCUT2D eigenvalue weighted by Gasteiger charge is 2.41. The van der Waals surface area contributed by atoms with E-state index in [9.17, 15) is 22.8 Å². The number of ether oxygens (including phenoxy) is 1. The van der Waals surface area contributed by atoms with Crippen molar-refractivity contribution in [3.05, 3.63) is 54.0 Å². The summed E-state index contributed by atoms with van der Waals surface area (Å²) in [6, 6.07) is 7.76. The Kier molecular flexibility index (Phi) is 5.12. The molecule has 1 aliphatic heterocycles. The Labute approximate surface area is 179 Å². The minimum absolute atomic E-state index is 0.000120. The van der Waals surface area contributed by atoms with E-state index >= 15 is 0 Å². The number of Topliss-reactive ketones (excluding diaryl/α,β-unsaturated/α-hetero) is 1. The van der Waals surface area contributed by atoms with Crippen LogP contribution in [0.2, 0.25) is 0 Å². The molecule has 0 spiro atoms. The highest BCUT2D eigenvalue weighted by molar-refractivity contribution is 7.19. The second kappa shape index (κ2) is 7.52. The van der Waals surface area contributed by atoms with Crippen LogP contribution in [0.3, 0.4) is 0 Å². The number of carbonyl (C=O) groups is 2. The number of carbonyl (C=O) groups excluding carboxylic acids is 2. The van der Waals surface area contributed by atoms with Gasteiger partial charge in [-0.2, -0.15) is 0 Å². The van der Waals surface area contributed by atoms with Crippen LogP contribution < -0.4 is 10.1 Å². The Bertz CT molecular complexity index is 1170. The van der Waals surface area contributed by atoms with Crippen LogP contribution in [0.5, 0.6) is 5.75 Å². The zero-order valence-corrected chi connectivity index (χ0v) is 17.4. The number of fused-ring (bicyclic) bond motifs is 1. The lowest BCUT2D eigenvalue weighted by Gasteiger charge is -2.34. The first kappa shape index (κ1) is 21.1. The van der Waals surface area contributed by atoms with Crippen LogP contribution in [-0.2, 0) is 10.3 Å². The van der Waals surface area contributed by atoms with Crippen molar-refractivity contribution in [3.8, 4) is 16.2 Å². The Morgan fingerprint density at radius 2 is 2.10 bits per heavy atom. The van der Waals surface area contributed by atoms with Crippen molar-refractivity contribution >= 4 is 28.2 Å². The molecule has 31 heavy (non-hydrogen) atoms. The van der Waals surface area contributed by atoms with Gasteiger partial charge in [0.25, 0.3) is 5.91 Å². The van der Waals surface area contributed by atoms with E-state index in [1.165, 1.54) is 30.4 Å². The molecule has 2 aromatic heterocycles. The molecule has 0 saturated heterocycles. The lowest BCUT2D eigenvalue weighted by atomic mass is 9.88. The number of thiazole rings is 1. The number of anilines is 1. The Morgan fingerprint density at radius 1 is 1.32 bits per heavy atom. The Hall–Kier alpha value is -3.14. The number of nitrogens with one attached hydrogen (secondary N) is 1. The topological polar surface area (TPSA) is 73.2 Å². The van der Waals surface area contributed by atoms with E-state index in [-0.39, 0.29) is 23.9 Å². The summed E-state index contributed by atoms with van der Waals surface area (Å²) in [4.78, 5) is 30.0. The predicted molar refractivity (Wildman–Crippen MR) is 109 cm³/mol. The smallest absolute Gasteiger partial charge is 0.406 e. The van der Waals surface area contributed by atoms with E-state index in [0.717, 1.165) is 0 Å². The minimum atomic E-state index is -4.76. The van der Waals surface area contributed by atoms with Crippen LogP contribution in [0.15, 0.2) is 42.7 Å². The number of ketones is 1. The van der Waals surface area contributed by atoms with Crippen molar-refractivity contribution in [2.45, 2.75) is 38.6 Å². The maximum absolute atomic E-state index is 13.0. The first-order valence-corrected chi connectivity index (χ1v) is 10.2. The summed E-state index contributed by atoms with van der Waals surface area (Å²) in [6.45, 7) is 3.30. The van der Waals surface area contributed by atoms with Crippen LogP contribution in [-0.4, -0.2) is 27.6 Å². The van der Waals surface area contributed by atoms with Gasteiger partial charge < -0.3 is 9.30 Å². The van der Waals surface area contributed by atoms with E-state index in [1.807, 2.05) is 0 Å². The summed E-state index contributed by atoms with van der Waals surface area (Å²) in [5.74, 6) is -0.555. The van der Waals surface area contributed by atoms with Crippen molar-refractivity contribution in [2.24, 2.45) is 0 Å². The van der Waals surface area contributed by atoms with Crippen LogP contribution in [0, 0.1) is 6.92 Å². The summed E-state index contributed by atoms with van der Waals surface area (Å²) in [5.41, 5.74) is 0.562. The third kappa shape index (κ3) is 4.07. The molecule has 1 amide bonds. The van der Waals surface area contributed by atoms with Crippen molar-refractivity contribution < 1.29 is 27.5 Å². The van der Waals surface area contributed by atoms with Gasteiger partial charge in [-0.25, -0.2) is 4.98 Å². The van der Waals surface area contributed by atoms with Crippen molar-refractivity contribution in [3.63, 3.8) is 0 Å². The van der Waals surface area contributed by atoms with Crippen LogP contribution >= 0.6 is 11.3 Å². The SMILES string of the molecule is Cc1cc(-c2cnc(NC(=O)C3(C)CCC(=O)c4cccn43)s2)ccc1OC(F)(F)F. The molecule has 0 fully saturated rings. The van der Waals surface area contributed by atoms with Crippen LogP contribution in [0.25, 0.3) is 10.4 Å². The Balaban J connectivity index is 1.53. The standard InChI is InChI=1S/C21H18F3N3O3S/c1-12-10-13(5-6-16(12)30-21(22,23)24)17-11-25-19(31-17)26-18(29)20(2)8-7-15(28)14-4-3-9-27(14)20/h3-6,9-11H,7-8H2,1-2H3,(H,25,26,29). The summed E-state index contributed by atoms with van der Waals surface area (Å²) in [7, 11) is 0. The van der Waals surface area contributed by atoms with Gasteiger partial charge >= 0.3 is 6.36 Å². The fraction of sp³-hybridized carbons (Fsp3) is 0.286. The molecule has 3 aromatic rings. The Morgan fingerprint density at radius 3 is 2.81 bits per heavy atom. The number of nitrogens with zero attached hydrogens (tertiary/aromatic N) is 2. The molecule has 1 unspecified atom stereocenters. The van der Waals surface area contributed by atoms with Crippen molar-refractivity contribution in [1.29, 1.82) is 0 Å². The number of aromatic nitrogens is 2. The number of hydrogen-bond acceptors (Lipinski definition) is 5. The third-order valence-electron chi connectivity index (χ3n) is 5.31. The van der Waals surface area contributed by atoms with Gasteiger partial charge in [0.2, 0.25) is 0 Å². The van der Waals surface area contributed by atoms with Crippen molar-refractivity contribution in [2.75, 3.05) is 5.32 Å².